The number of fused-ring (bicyclic) bond motifs is 3. The summed E-state index contributed by atoms with van der Waals surface area (Å²) in [7, 11) is 0. The molecule has 2 amide bonds. The van der Waals surface area contributed by atoms with Crippen molar-refractivity contribution in [2.45, 2.75) is 64.0 Å². The number of urea groups is 1. The molecule has 2 saturated heterocycles. The Morgan fingerprint density at radius 2 is 1.88 bits per heavy atom. The van der Waals surface area contributed by atoms with Crippen LogP contribution in [-0.4, -0.2) is 30.4 Å². The summed E-state index contributed by atoms with van der Waals surface area (Å²) in [6, 6.07) is 14.4. The quantitative estimate of drug-likeness (QED) is 0.581. The number of Topliss-reactive ketones (excluding diaryl/α,β-unsaturated/α-hetero) is 1. The van der Waals surface area contributed by atoms with Crippen LogP contribution >= 0.6 is 0 Å². The van der Waals surface area contributed by atoms with Gasteiger partial charge in [-0.25, -0.2) is 9.18 Å². The molecule has 2 aromatic carbocycles. The molecule has 0 aromatic heterocycles. The van der Waals surface area contributed by atoms with Crippen molar-refractivity contribution in [1.29, 1.82) is 0 Å². The minimum absolute atomic E-state index is 0.0403. The molecule has 1 saturated carbocycles. The fraction of sp³-hybridized carbons (Fsp3) is 0.462. The van der Waals surface area contributed by atoms with Crippen LogP contribution in [0.3, 0.4) is 0 Å². The average Bonchev–Trinajstić information content (AvgIpc) is 2.79. The van der Waals surface area contributed by atoms with Gasteiger partial charge in [-0.05, 0) is 87.1 Å². The number of carbonyl (C=O) groups excluding carboxylic acids is 2. The topological polar surface area (TPSA) is 75.4 Å². The lowest BCUT2D eigenvalue weighted by Crippen LogP contribution is -2.59. The molecule has 1 aliphatic carbocycles. The number of ketones is 1. The molecule has 2 aromatic rings. The third-order valence-electron chi connectivity index (χ3n) is 7.33. The number of nitrogens with zero attached hydrogens (tertiary/aromatic N) is 1. The molecule has 0 radical (unpaired) electrons. The molecule has 2 bridgehead atoms. The van der Waals surface area contributed by atoms with Gasteiger partial charge < -0.3 is 11.1 Å². The first-order valence-corrected chi connectivity index (χ1v) is 11.5. The van der Waals surface area contributed by atoms with Crippen LogP contribution in [0.1, 0.15) is 61.4 Å². The van der Waals surface area contributed by atoms with Crippen LogP contribution in [0.5, 0.6) is 0 Å². The number of hydrogen-bond donors (Lipinski definition) is 2. The van der Waals surface area contributed by atoms with Gasteiger partial charge in [0.1, 0.15) is 5.82 Å². The maximum absolute atomic E-state index is 13.4. The summed E-state index contributed by atoms with van der Waals surface area (Å²) in [5.41, 5.74) is 8.24. The first-order chi connectivity index (χ1) is 15.4. The molecular weight excluding hydrogens is 405 g/mol. The largest absolute Gasteiger partial charge is 0.351 e. The molecule has 0 spiro atoms. The van der Waals surface area contributed by atoms with Crippen molar-refractivity contribution < 1.29 is 14.0 Å². The van der Waals surface area contributed by atoms with E-state index >= 15 is 0 Å². The molecule has 1 atom stereocenters. The highest BCUT2D eigenvalue weighted by Gasteiger charge is 2.46. The van der Waals surface area contributed by atoms with E-state index in [4.69, 9.17) is 5.73 Å². The number of nitrogens with two attached hydrogens (primary N) is 1. The van der Waals surface area contributed by atoms with Crippen LogP contribution in [0.4, 0.5) is 14.9 Å². The van der Waals surface area contributed by atoms with Gasteiger partial charge in [0.05, 0.1) is 0 Å². The van der Waals surface area contributed by atoms with Crippen molar-refractivity contribution in [2.24, 2.45) is 11.1 Å². The van der Waals surface area contributed by atoms with Crippen molar-refractivity contribution in [1.82, 2.24) is 5.32 Å². The molecule has 1 unspecified atom stereocenters. The van der Waals surface area contributed by atoms with Crippen LogP contribution < -0.4 is 16.0 Å². The number of anilines is 1. The molecule has 3 fully saturated rings. The van der Waals surface area contributed by atoms with Crippen molar-refractivity contribution in [3.8, 4) is 0 Å². The van der Waals surface area contributed by atoms with Gasteiger partial charge in [0.25, 0.3) is 0 Å². The van der Waals surface area contributed by atoms with Crippen LogP contribution in [0.2, 0.25) is 0 Å². The fourth-order valence-corrected chi connectivity index (χ4v) is 5.58. The Bertz CT molecular complexity index is 967. The number of hydrogen-bond acceptors (Lipinski definition) is 3. The van der Waals surface area contributed by atoms with Gasteiger partial charge in [-0.3, -0.25) is 9.69 Å². The molecule has 5 rings (SSSR count). The number of halogens is 1. The van der Waals surface area contributed by atoms with Gasteiger partial charge in [-0.2, -0.15) is 0 Å². The minimum Gasteiger partial charge on any atom is -0.351 e. The Kier molecular flexibility index (Phi) is 6.60. The zero-order valence-corrected chi connectivity index (χ0v) is 18.6. The van der Waals surface area contributed by atoms with E-state index in [0.29, 0.717) is 29.9 Å². The number of primary amides is 1. The van der Waals surface area contributed by atoms with E-state index in [1.165, 1.54) is 38.2 Å². The maximum atomic E-state index is 13.4. The number of amides is 2. The Balaban J connectivity index is 1.44. The first-order valence-electron chi connectivity index (χ1n) is 11.5. The zero-order chi connectivity index (χ0) is 22.7. The third kappa shape index (κ3) is 4.85. The SMILES string of the molecule is CC(=O)c1cccc(N(CCCC2NC3CCC2(Cc2ccc(F)cc2)CC3)C(N)=O)c1. The summed E-state index contributed by atoms with van der Waals surface area (Å²) in [5.74, 6) is -0.241. The van der Waals surface area contributed by atoms with Gasteiger partial charge in [-0.15, -0.1) is 0 Å². The van der Waals surface area contributed by atoms with Crippen molar-refractivity contribution in [3.63, 3.8) is 0 Å². The van der Waals surface area contributed by atoms with E-state index < -0.39 is 6.03 Å². The summed E-state index contributed by atoms with van der Waals surface area (Å²) >= 11 is 0. The predicted octanol–water partition coefficient (Wildman–Crippen LogP) is 4.84. The number of nitrogens with one attached hydrogen (secondary N) is 1. The lowest BCUT2D eigenvalue weighted by Gasteiger charge is -2.53. The molecule has 32 heavy (non-hydrogen) atoms. The maximum Gasteiger partial charge on any atom is 0.319 e. The summed E-state index contributed by atoms with van der Waals surface area (Å²) < 4.78 is 13.4. The van der Waals surface area contributed by atoms with Crippen molar-refractivity contribution >= 4 is 17.5 Å². The van der Waals surface area contributed by atoms with E-state index in [1.807, 2.05) is 18.2 Å². The molecule has 5 nitrogen and oxygen atoms in total. The fourth-order valence-electron chi connectivity index (χ4n) is 5.58. The highest BCUT2D eigenvalue weighted by atomic mass is 19.1. The van der Waals surface area contributed by atoms with Crippen LogP contribution in [0.25, 0.3) is 0 Å². The second kappa shape index (κ2) is 9.41. The number of benzene rings is 2. The highest BCUT2D eigenvalue weighted by molar-refractivity contribution is 5.97. The predicted molar refractivity (Wildman–Crippen MR) is 124 cm³/mol. The first kappa shape index (κ1) is 22.5. The lowest BCUT2D eigenvalue weighted by molar-refractivity contribution is 0.0330. The lowest BCUT2D eigenvalue weighted by atomic mass is 9.60. The van der Waals surface area contributed by atoms with E-state index in [2.05, 4.69) is 5.32 Å². The normalized spacial score (nSPS) is 24.3. The smallest absolute Gasteiger partial charge is 0.319 e. The Morgan fingerprint density at radius 3 is 2.53 bits per heavy atom. The van der Waals surface area contributed by atoms with Crippen LogP contribution in [-0.2, 0) is 6.42 Å². The van der Waals surface area contributed by atoms with Gasteiger partial charge in [-0.1, -0.05) is 24.3 Å². The number of rotatable bonds is 8. The molecule has 6 heteroatoms. The monoisotopic (exact) mass is 437 g/mol. The van der Waals surface area contributed by atoms with E-state index in [0.717, 1.165) is 19.3 Å². The van der Waals surface area contributed by atoms with E-state index in [9.17, 15) is 14.0 Å². The molecular formula is C26H32FN3O2. The summed E-state index contributed by atoms with van der Waals surface area (Å²) in [4.78, 5) is 25.4. The molecule has 170 valence electrons. The van der Waals surface area contributed by atoms with Gasteiger partial charge in [0, 0.05) is 29.9 Å². The zero-order valence-electron chi connectivity index (χ0n) is 18.6. The third-order valence-corrected chi connectivity index (χ3v) is 7.33. The Morgan fingerprint density at radius 1 is 1.16 bits per heavy atom. The van der Waals surface area contributed by atoms with E-state index in [1.54, 1.807) is 35.2 Å². The number of piperidine rings is 2. The minimum atomic E-state index is -0.509. The highest BCUT2D eigenvalue weighted by Crippen LogP contribution is 2.47. The van der Waals surface area contributed by atoms with Crippen LogP contribution in [0.15, 0.2) is 48.5 Å². The molecule has 2 aliphatic heterocycles. The Hall–Kier alpha value is -2.73. The number of carbonyl (C=O) groups is 2. The molecule has 2 heterocycles. The summed E-state index contributed by atoms with van der Waals surface area (Å²) in [6.45, 7) is 2.02. The van der Waals surface area contributed by atoms with Crippen molar-refractivity contribution in [2.75, 3.05) is 11.4 Å². The van der Waals surface area contributed by atoms with Gasteiger partial charge >= 0.3 is 6.03 Å². The molecule has 3 N–H and O–H groups in total. The second-order valence-corrected chi connectivity index (χ2v) is 9.40. The van der Waals surface area contributed by atoms with Crippen LogP contribution in [0, 0.1) is 11.2 Å². The second-order valence-electron chi connectivity index (χ2n) is 9.40. The molecule has 3 aliphatic rings. The summed E-state index contributed by atoms with van der Waals surface area (Å²) in [5, 5.41) is 3.84. The summed E-state index contributed by atoms with van der Waals surface area (Å²) in [6.07, 6.45) is 7.40. The van der Waals surface area contributed by atoms with Gasteiger partial charge in [0.15, 0.2) is 5.78 Å². The average molecular weight is 438 g/mol. The van der Waals surface area contributed by atoms with Gasteiger partial charge in [0.2, 0.25) is 0 Å². The van der Waals surface area contributed by atoms with E-state index in [-0.39, 0.29) is 17.0 Å². The Labute approximate surface area is 189 Å². The standard InChI is InChI=1S/C26H32FN3O2/c1-18(31)20-4-2-5-23(16-20)30(25(28)32)15-3-6-24-26(13-11-22(29-24)12-14-26)17-19-7-9-21(27)10-8-19/h2,4-5,7-10,16,22,24,29H,3,6,11-15,17H2,1H3,(H2,28,32). The van der Waals surface area contributed by atoms with Crippen molar-refractivity contribution in [3.05, 3.63) is 65.5 Å².